The highest BCUT2D eigenvalue weighted by Crippen LogP contribution is 2.45. The van der Waals surface area contributed by atoms with Gasteiger partial charge in [-0.15, -0.1) is 0 Å². The van der Waals surface area contributed by atoms with Crippen molar-refractivity contribution in [1.82, 2.24) is 10.2 Å². The van der Waals surface area contributed by atoms with Crippen molar-refractivity contribution in [2.75, 3.05) is 20.6 Å². The van der Waals surface area contributed by atoms with E-state index in [0.717, 1.165) is 12.8 Å². The quantitative estimate of drug-likeness (QED) is 0.821. The molecule has 0 aliphatic heterocycles. The molecule has 1 N–H and O–H groups in total. The molecule has 1 amide bonds. The highest BCUT2D eigenvalue weighted by Gasteiger charge is 2.38. The zero-order valence-corrected chi connectivity index (χ0v) is 12.3. The number of hydrogen-bond acceptors (Lipinski definition) is 2. The Kier molecular flexibility index (Phi) is 4.23. The first-order valence-corrected chi connectivity index (χ1v) is 6.55. The Hall–Kier alpha value is -0.570. The molecule has 0 spiro atoms. The second kappa shape index (κ2) is 4.97. The second-order valence-electron chi connectivity index (χ2n) is 7.28. The monoisotopic (exact) mass is 240 g/mol. The summed E-state index contributed by atoms with van der Waals surface area (Å²) in [4.78, 5) is 13.2. The van der Waals surface area contributed by atoms with Gasteiger partial charge >= 0.3 is 0 Å². The molecular weight excluding hydrogens is 212 g/mol. The lowest BCUT2D eigenvalue weighted by atomic mass is 9.63. The van der Waals surface area contributed by atoms with Crippen molar-refractivity contribution in [2.24, 2.45) is 10.8 Å². The zero-order chi connectivity index (χ0) is 13.3. The average Bonchev–Trinajstić information content (AvgIpc) is 2.08. The van der Waals surface area contributed by atoms with Crippen LogP contribution < -0.4 is 5.32 Å². The summed E-state index contributed by atoms with van der Waals surface area (Å²) in [6, 6.07) is 0.470. The van der Waals surface area contributed by atoms with Crippen LogP contribution in [-0.2, 0) is 4.79 Å². The molecule has 0 heterocycles. The van der Waals surface area contributed by atoms with E-state index in [1.807, 2.05) is 0 Å². The fourth-order valence-electron chi connectivity index (χ4n) is 3.38. The number of amides is 1. The molecular formula is C14H28N2O. The molecule has 100 valence electrons. The maximum Gasteiger partial charge on any atom is 0.236 e. The van der Waals surface area contributed by atoms with E-state index < -0.39 is 0 Å². The number of hydrogen-bond donors (Lipinski definition) is 1. The number of carbonyl (C=O) groups excluding carboxylic acids is 1. The second-order valence-corrected chi connectivity index (χ2v) is 7.28. The van der Waals surface area contributed by atoms with E-state index in [2.05, 4.69) is 33.0 Å². The first kappa shape index (κ1) is 14.5. The van der Waals surface area contributed by atoms with Gasteiger partial charge in [0, 0.05) is 20.1 Å². The normalized spacial score (nSPS) is 23.4. The van der Waals surface area contributed by atoms with Gasteiger partial charge in [-0.2, -0.15) is 0 Å². The Bertz CT molecular complexity index is 266. The standard InChI is InChI=1S/C14H28N2O/c1-13(2)7-11(8-14(3,4)10-13)15-9-12(17)16(5)6/h11,15H,7-10H2,1-6H3. The summed E-state index contributed by atoms with van der Waals surface area (Å²) in [5.74, 6) is 0.159. The molecule has 3 heteroatoms. The minimum atomic E-state index is 0.159. The maximum atomic E-state index is 11.6. The fraction of sp³-hybridized carbons (Fsp3) is 0.929. The van der Waals surface area contributed by atoms with Crippen molar-refractivity contribution in [3.05, 3.63) is 0 Å². The van der Waals surface area contributed by atoms with E-state index in [1.54, 1.807) is 19.0 Å². The largest absolute Gasteiger partial charge is 0.348 e. The SMILES string of the molecule is CN(C)C(=O)CNC1CC(C)(C)CC(C)(C)C1. The van der Waals surface area contributed by atoms with Crippen molar-refractivity contribution in [3.8, 4) is 0 Å². The molecule has 1 saturated carbocycles. The highest BCUT2D eigenvalue weighted by atomic mass is 16.2. The predicted molar refractivity (Wildman–Crippen MR) is 71.9 cm³/mol. The topological polar surface area (TPSA) is 32.3 Å². The van der Waals surface area contributed by atoms with Gasteiger partial charge in [0.05, 0.1) is 6.54 Å². The first-order chi connectivity index (χ1) is 7.61. The Morgan fingerprint density at radius 3 is 2.06 bits per heavy atom. The van der Waals surface area contributed by atoms with Crippen LogP contribution in [0.5, 0.6) is 0 Å². The third-order valence-corrected chi connectivity index (χ3v) is 3.60. The van der Waals surface area contributed by atoms with Gasteiger partial charge in [0.1, 0.15) is 0 Å². The minimum Gasteiger partial charge on any atom is -0.348 e. The number of nitrogens with zero attached hydrogens (tertiary/aromatic N) is 1. The Labute approximate surface area is 106 Å². The molecule has 0 aromatic carbocycles. The summed E-state index contributed by atoms with van der Waals surface area (Å²) in [5, 5.41) is 3.42. The lowest BCUT2D eigenvalue weighted by Gasteiger charge is -2.45. The Morgan fingerprint density at radius 1 is 1.18 bits per heavy atom. The van der Waals surface area contributed by atoms with Crippen molar-refractivity contribution < 1.29 is 4.79 Å². The molecule has 1 fully saturated rings. The van der Waals surface area contributed by atoms with Gasteiger partial charge < -0.3 is 10.2 Å². The molecule has 0 aromatic heterocycles. The summed E-state index contributed by atoms with van der Waals surface area (Å²) in [7, 11) is 3.61. The number of nitrogens with one attached hydrogen (secondary N) is 1. The van der Waals surface area contributed by atoms with Gasteiger partial charge in [-0.05, 0) is 30.1 Å². The number of likely N-dealkylation sites (N-methyl/N-ethyl adjacent to an activating group) is 1. The van der Waals surface area contributed by atoms with Gasteiger partial charge in [-0.1, -0.05) is 27.7 Å². The molecule has 0 unspecified atom stereocenters. The third kappa shape index (κ3) is 4.66. The van der Waals surface area contributed by atoms with Crippen molar-refractivity contribution in [3.63, 3.8) is 0 Å². The van der Waals surface area contributed by atoms with Gasteiger partial charge in [-0.25, -0.2) is 0 Å². The third-order valence-electron chi connectivity index (χ3n) is 3.60. The maximum absolute atomic E-state index is 11.6. The lowest BCUT2D eigenvalue weighted by molar-refractivity contribution is -0.128. The lowest BCUT2D eigenvalue weighted by Crippen LogP contribution is -2.46. The van der Waals surface area contributed by atoms with Gasteiger partial charge in [0.25, 0.3) is 0 Å². The van der Waals surface area contributed by atoms with Crippen LogP contribution in [0.3, 0.4) is 0 Å². The summed E-state index contributed by atoms with van der Waals surface area (Å²) < 4.78 is 0. The summed E-state index contributed by atoms with van der Waals surface area (Å²) >= 11 is 0. The van der Waals surface area contributed by atoms with Crippen molar-refractivity contribution >= 4 is 5.91 Å². The first-order valence-electron chi connectivity index (χ1n) is 6.55. The summed E-state index contributed by atoms with van der Waals surface area (Å²) in [5.41, 5.74) is 0.751. The summed E-state index contributed by atoms with van der Waals surface area (Å²) in [6.07, 6.45) is 3.59. The van der Waals surface area contributed by atoms with E-state index in [9.17, 15) is 4.79 Å². The zero-order valence-electron chi connectivity index (χ0n) is 12.3. The van der Waals surface area contributed by atoms with E-state index in [1.165, 1.54) is 6.42 Å². The molecule has 0 saturated heterocycles. The van der Waals surface area contributed by atoms with Crippen molar-refractivity contribution in [2.45, 2.75) is 53.0 Å². The van der Waals surface area contributed by atoms with Crippen LogP contribution in [0.2, 0.25) is 0 Å². The average molecular weight is 240 g/mol. The van der Waals surface area contributed by atoms with Crippen LogP contribution in [0.1, 0.15) is 47.0 Å². The van der Waals surface area contributed by atoms with E-state index in [0.29, 0.717) is 23.4 Å². The number of carbonyl (C=O) groups is 1. The molecule has 0 radical (unpaired) electrons. The molecule has 1 aliphatic rings. The van der Waals surface area contributed by atoms with Gasteiger partial charge in [-0.3, -0.25) is 4.79 Å². The summed E-state index contributed by atoms with van der Waals surface area (Å²) in [6.45, 7) is 9.78. The Balaban J connectivity index is 2.51. The van der Waals surface area contributed by atoms with Gasteiger partial charge in [0.2, 0.25) is 5.91 Å². The smallest absolute Gasteiger partial charge is 0.236 e. The highest BCUT2D eigenvalue weighted by molar-refractivity contribution is 5.77. The van der Waals surface area contributed by atoms with E-state index in [-0.39, 0.29) is 5.91 Å². The predicted octanol–water partition coefficient (Wildman–Crippen LogP) is 2.27. The van der Waals surface area contributed by atoms with Crippen LogP contribution in [0, 0.1) is 10.8 Å². The number of rotatable bonds is 3. The minimum absolute atomic E-state index is 0.159. The molecule has 1 aliphatic carbocycles. The fourth-order valence-corrected chi connectivity index (χ4v) is 3.38. The van der Waals surface area contributed by atoms with Crippen molar-refractivity contribution in [1.29, 1.82) is 0 Å². The van der Waals surface area contributed by atoms with Crippen LogP contribution in [-0.4, -0.2) is 37.5 Å². The molecule has 0 bridgehead atoms. The van der Waals surface area contributed by atoms with Gasteiger partial charge in [0.15, 0.2) is 0 Å². The molecule has 0 aromatic rings. The van der Waals surface area contributed by atoms with Crippen LogP contribution in [0.25, 0.3) is 0 Å². The van der Waals surface area contributed by atoms with E-state index in [4.69, 9.17) is 0 Å². The van der Waals surface area contributed by atoms with Crippen LogP contribution in [0.4, 0.5) is 0 Å². The molecule has 1 rings (SSSR count). The van der Waals surface area contributed by atoms with Crippen LogP contribution in [0.15, 0.2) is 0 Å². The molecule has 17 heavy (non-hydrogen) atoms. The van der Waals surface area contributed by atoms with E-state index >= 15 is 0 Å². The molecule has 0 atom stereocenters. The Morgan fingerprint density at radius 2 is 1.65 bits per heavy atom. The van der Waals surface area contributed by atoms with Crippen LogP contribution >= 0.6 is 0 Å². The molecule has 3 nitrogen and oxygen atoms in total.